The number of benzene rings is 1. The molecule has 0 spiro atoms. The van der Waals surface area contributed by atoms with Crippen molar-refractivity contribution in [1.82, 2.24) is 39.9 Å². The molecule has 5 aromatic rings. The van der Waals surface area contributed by atoms with Gasteiger partial charge in [-0.25, -0.2) is 22.7 Å². The number of carbonyl (C=O) groups is 1. The average molecular weight is 525 g/mol. The van der Waals surface area contributed by atoms with Gasteiger partial charge in [-0.15, -0.1) is 10.2 Å². The summed E-state index contributed by atoms with van der Waals surface area (Å²) in [6.07, 6.45) is 3.27. The van der Waals surface area contributed by atoms with Crippen molar-refractivity contribution in [3.8, 4) is 22.4 Å². The van der Waals surface area contributed by atoms with Crippen LogP contribution in [0.5, 0.6) is 0 Å². The Morgan fingerprint density at radius 2 is 1.92 bits per heavy atom. The van der Waals surface area contributed by atoms with E-state index in [1.54, 1.807) is 36.4 Å². The molecule has 0 aliphatic carbocycles. The highest BCUT2D eigenvalue weighted by molar-refractivity contribution is 5.89. The minimum atomic E-state index is -3.15. The maximum absolute atomic E-state index is 15.6. The van der Waals surface area contributed by atoms with Crippen LogP contribution in [-0.2, 0) is 19.0 Å². The zero-order valence-corrected chi connectivity index (χ0v) is 20.9. The van der Waals surface area contributed by atoms with Crippen LogP contribution in [-0.4, -0.2) is 40.5 Å². The summed E-state index contributed by atoms with van der Waals surface area (Å²) >= 11 is 0. The first-order chi connectivity index (χ1) is 18.0. The molecule has 38 heavy (non-hydrogen) atoms. The summed E-state index contributed by atoms with van der Waals surface area (Å²) in [7, 11) is 1.78. The fraction of sp³-hybridized carbons (Fsp3) is 0.280. The van der Waals surface area contributed by atoms with E-state index in [1.165, 1.54) is 23.0 Å². The van der Waals surface area contributed by atoms with E-state index in [0.717, 1.165) is 11.1 Å². The van der Waals surface area contributed by atoms with Gasteiger partial charge >= 0.3 is 11.8 Å². The number of hydrogen-bond donors (Lipinski definition) is 1. The van der Waals surface area contributed by atoms with Crippen LogP contribution in [0.3, 0.4) is 0 Å². The fourth-order valence-electron chi connectivity index (χ4n) is 3.94. The number of aromatic nitrogens is 7. The molecule has 5 rings (SSSR count). The average Bonchev–Trinajstić information content (AvgIpc) is 3.60. The Bertz CT molecular complexity index is 1650. The molecule has 13 heteroatoms. The highest BCUT2D eigenvalue weighted by atomic mass is 19.3. The lowest BCUT2D eigenvalue weighted by Crippen LogP contribution is -2.24. The van der Waals surface area contributed by atoms with Crippen molar-refractivity contribution in [2.24, 2.45) is 7.05 Å². The first kappa shape index (κ1) is 25.1. The molecule has 196 valence electrons. The molecule has 0 saturated carbocycles. The molecule has 0 aliphatic heterocycles. The summed E-state index contributed by atoms with van der Waals surface area (Å²) in [5.74, 6) is -1.96. The molecule has 0 aliphatic rings. The number of hydrogen-bond acceptors (Lipinski definition) is 7. The molecule has 0 bridgehead atoms. The third-order valence-corrected chi connectivity index (χ3v) is 5.89. The number of rotatable bonds is 6. The van der Waals surface area contributed by atoms with Gasteiger partial charge in [0.25, 0.3) is 6.43 Å². The Hall–Kier alpha value is -4.55. The first-order valence-electron chi connectivity index (χ1n) is 11.6. The van der Waals surface area contributed by atoms with Gasteiger partial charge in [0.1, 0.15) is 17.8 Å². The van der Waals surface area contributed by atoms with E-state index >= 15 is 4.39 Å². The lowest BCUT2D eigenvalue weighted by molar-refractivity contribution is 0.0910. The SMILES string of the molecule is Cn1cc(-c2cc3c(-c4ccc(CNC(=O)c5nnc(C(C)(C)C)o5)c(C(F)F)c4F)ncnn3c2)cn1. The Kier molecular flexibility index (Phi) is 6.21. The van der Waals surface area contributed by atoms with E-state index in [9.17, 15) is 13.6 Å². The number of amides is 1. The molecule has 0 fully saturated rings. The molecule has 4 heterocycles. The highest BCUT2D eigenvalue weighted by Crippen LogP contribution is 2.35. The molecule has 0 saturated heterocycles. The monoisotopic (exact) mass is 524 g/mol. The molecular formula is C25H23F3N8O2. The van der Waals surface area contributed by atoms with Gasteiger partial charge in [-0.1, -0.05) is 26.8 Å². The molecule has 10 nitrogen and oxygen atoms in total. The number of carbonyl (C=O) groups excluding carboxylic acids is 1. The zero-order valence-electron chi connectivity index (χ0n) is 20.9. The Morgan fingerprint density at radius 3 is 2.58 bits per heavy atom. The second-order valence-corrected chi connectivity index (χ2v) is 9.72. The van der Waals surface area contributed by atoms with Gasteiger partial charge in [0.05, 0.1) is 17.3 Å². The lowest BCUT2D eigenvalue weighted by atomic mass is 9.97. The number of nitrogens with zero attached hydrogens (tertiary/aromatic N) is 7. The van der Waals surface area contributed by atoms with Gasteiger partial charge < -0.3 is 9.73 Å². The third-order valence-electron chi connectivity index (χ3n) is 5.89. The summed E-state index contributed by atoms with van der Waals surface area (Å²) < 4.78 is 52.2. The van der Waals surface area contributed by atoms with Crippen molar-refractivity contribution < 1.29 is 22.4 Å². The van der Waals surface area contributed by atoms with Gasteiger partial charge in [0, 0.05) is 48.1 Å². The van der Waals surface area contributed by atoms with Crippen LogP contribution in [0.2, 0.25) is 0 Å². The second kappa shape index (κ2) is 9.39. The standard InChI is InChI=1S/C25H23F3N8O2/c1-25(2,3)24-34-33-23(38-24)22(37)29-8-13-5-6-16(19(26)18(13)21(27)28)20-17-7-14(11-36(17)32-12-30-20)15-9-31-35(4)10-15/h5-7,9-12,21H,8H2,1-4H3,(H,29,37). The van der Waals surface area contributed by atoms with E-state index < -0.39 is 29.1 Å². The molecule has 0 radical (unpaired) electrons. The van der Waals surface area contributed by atoms with Crippen molar-refractivity contribution in [2.75, 3.05) is 0 Å². The smallest absolute Gasteiger partial charge is 0.309 e. The highest BCUT2D eigenvalue weighted by Gasteiger charge is 2.26. The van der Waals surface area contributed by atoms with Crippen LogP contribution in [0.25, 0.3) is 27.9 Å². The quantitative estimate of drug-likeness (QED) is 0.348. The van der Waals surface area contributed by atoms with Gasteiger partial charge in [-0.05, 0) is 17.7 Å². The first-order valence-corrected chi connectivity index (χ1v) is 11.6. The van der Waals surface area contributed by atoms with Crippen LogP contribution < -0.4 is 5.32 Å². The minimum Gasteiger partial charge on any atom is -0.416 e. The third kappa shape index (κ3) is 4.62. The van der Waals surface area contributed by atoms with Crippen LogP contribution in [0.1, 0.15) is 54.9 Å². The van der Waals surface area contributed by atoms with Gasteiger partial charge in [0.2, 0.25) is 5.89 Å². The summed E-state index contributed by atoms with van der Waals surface area (Å²) in [4.78, 5) is 16.6. The van der Waals surface area contributed by atoms with E-state index in [2.05, 4.69) is 30.7 Å². The van der Waals surface area contributed by atoms with Crippen molar-refractivity contribution in [1.29, 1.82) is 0 Å². The van der Waals surface area contributed by atoms with Crippen LogP contribution in [0.15, 0.2) is 47.5 Å². The van der Waals surface area contributed by atoms with Crippen molar-refractivity contribution in [2.45, 2.75) is 39.2 Å². The largest absolute Gasteiger partial charge is 0.416 e. The number of alkyl halides is 2. The maximum Gasteiger partial charge on any atom is 0.309 e. The van der Waals surface area contributed by atoms with Gasteiger partial charge in [0.15, 0.2) is 0 Å². The molecule has 1 amide bonds. The topological polar surface area (TPSA) is 116 Å². The van der Waals surface area contributed by atoms with E-state index in [4.69, 9.17) is 4.42 Å². The van der Waals surface area contributed by atoms with Crippen LogP contribution >= 0.6 is 0 Å². The Morgan fingerprint density at radius 1 is 1.13 bits per heavy atom. The van der Waals surface area contributed by atoms with Crippen LogP contribution in [0, 0.1) is 5.82 Å². The summed E-state index contributed by atoms with van der Waals surface area (Å²) in [6.45, 7) is 5.12. The number of halogens is 3. The molecule has 0 atom stereocenters. The molecule has 1 aromatic carbocycles. The normalized spacial score (nSPS) is 12.0. The summed E-state index contributed by atoms with van der Waals surface area (Å²) in [5.41, 5.74) is 0.608. The van der Waals surface area contributed by atoms with Crippen LogP contribution in [0.4, 0.5) is 13.2 Å². The lowest BCUT2D eigenvalue weighted by Gasteiger charge is -2.14. The van der Waals surface area contributed by atoms with Crippen molar-refractivity contribution in [3.63, 3.8) is 0 Å². The van der Waals surface area contributed by atoms with Gasteiger partial charge in [-0.3, -0.25) is 9.48 Å². The fourth-order valence-corrected chi connectivity index (χ4v) is 3.94. The number of aryl methyl sites for hydroxylation is 1. The number of nitrogens with one attached hydrogen (secondary N) is 1. The Labute approximate surface area is 214 Å². The maximum atomic E-state index is 15.6. The predicted octanol–water partition coefficient (Wildman–Crippen LogP) is 4.48. The second-order valence-electron chi connectivity index (χ2n) is 9.72. The molecule has 4 aromatic heterocycles. The van der Waals surface area contributed by atoms with Gasteiger partial charge in [-0.2, -0.15) is 10.2 Å². The Balaban J connectivity index is 1.46. The van der Waals surface area contributed by atoms with E-state index in [1.807, 2.05) is 20.8 Å². The summed E-state index contributed by atoms with van der Waals surface area (Å²) in [6, 6.07) is 4.42. The molecule has 0 unspecified atom stereocenters. The van der Waals surface area contributed by atoms with E-state index in [0.29, 0.717) is 5.52 Å². The summed E-state index contributed by atoms with van der Waals surface area (Å²) in [5, 5.41) is 18.3. The van der Waals surface area contributed by atoms with E-state index in [-0.39, 0.29) is 35.1 Å². The molecule has 1 N–H and O–H groups in total. The van der Waals surface area contributed by atoms with Crippen molar-refractivity contribution >= 4 is 11.4 Å². The van der Waals surface area contributed by atoms with Crippen molar-refractivity contribution in [3.05, 3.63) is 71.8 Å². The number of fused-ring (bicyclic) bond motifs is 1. The minimum absolute atomic E-state index is 0.0957. The molecular weight excluding hydrogens is 501 g/mol. The predicted molar refractivity (Wildman–Crippen MR) is 130 cm³/mol. The zero-order chi connectivity index (χ0) is 27.2.